The van der Waals surface area contributed by atoms with Crippen LogP contribution in [-0.4, -0.2) is 52.3 Å². The molecule has 0 bridgehead atoms. The van der Waals surface area contributed by atoms with E-state index in [1.807, 2.05) is 18.2 Å². The zero-order valence-corrected chi connectivity index (χ0v) is 25.3. The van der Waals surface area contributed by atoms with Gasteiger partial charge in [0.05, 0.1) is 6.10 Å². The van der Waals surface area contributed by atoms with Gasteiger partial charge in [0.25, 0.3) is 0 Å². The molecule has 0 fully saturated rings. The lowest BCUT2D eigenvalue weighted by Crippen LogP contribution is -2.27. The Bertz CT molecular complexity index is 1570. The molecule has 3 aromatic rings. The first-order chi connectivity index (χ1) is 21.8. The Morgan fingerprint density at radius 1 is 1.07 bits per heavy atom. The average Bonchev–Trinajstić information content (AvgIpc) is 3.48. The summed E-state index contributed by atoms with van der Waals surface area (Å²) in [5.74, 6) is -1.48. The normalized spacial score (nSPS) is 18.3. The molecule has 2 aliphatic rings. The van der Waals surface area contributed by atoms with Crippen molar-refractivity contribution in [1.29, 1.82) is 0 Å². The zero-order chi connectivity index (χ0) is 31.8. The molecular formula is C35H38N2O8. The lowest BCUT2D eigenvalue weighted by molar-refractivity contribution is -0.121. The van der Waals surface area contributed by atoms with Crippen LogP contribution in [0, 0.1) is 0 Å². The zero-order valence-electron chi connectivity index (χ0n) is 25.3. The summed E-state index contributed by atoms with van der Waals surface area (Å²) >= 11 is 0. The van der Waals surface area contributed by atoms with Gasteiger partial charge in [0.15, 0.2) is 11.5 Å². The number of benzene rings is 2. The van der Waals surface area contributed by atoms with Crippen molar-refractivity contribution in [3.8, 4) is 23.0 Å². The van der Waals surface area contributed by atoms with Gasteiger partial charge in [-0.15, -0.1) is 0 Å². The molecule has 1 amide bonds. The van der Waals surface area contributed by atoms with Crippen molar-refractivity contribution in [2.45, 2.75) is 70.3 Å². The summed E-state index contributed by atoms with van der Waals surface area (Å²) < 4.78 is 16.7. The molecular weight excluding hydrogens is 576 g/mol. The van der Waals surface area contributed by atoms with Gasteiger partial charge in [-0.25, -0.2) is 4.79 Å². The van der Waals surface area contributed by atoms with E-state index in [2.05, 4.69) is 10.3 Å². The minimum atomic E-state index is -0.854. The Hall–Kier alpha value is -4.86. The van der Waals surface area contributed by atoms with Crippen LogP contribution in [0.4, 0.5) is 0 Å². The average molecular weight is 615 g/mol. The largest absolute Gasteiger partial charge is 0.507 e. The lowest BCUT2D eigenvalue weighted by Gasteiger charge is -2.23. The summed E-state index contributed by atoms with van der Waals surface area (Å²) in [4.78, 5) is 43.3. The van der Waals surface area contributed by atoms with Crippen LogP contribution in [0.15, 0.2) is 54.7 Å². The number of allylic oxidation sites excluding steroid dienone is 1. The van der Waals surface area contributed by atoms with E-state index in [0.717, 1.165) is 5.69 Å². The van der Waals surface area contributed by atoms with Crippen LogP contribution >= 0.6 is 0 Å². The van der Waals surface area contributed by atoms with Crippen LogP contribution in [0.3, 0.4) is 0 Å². The minimum Gasteiger partial charge on any atom is -0.507 e. The number of hydrogen-bond acceptors (Lipinski definition) is 9. The first-order valence-corrected chi connectivity index (χ1v) is 15.3. The number of cyclic esters (lactones) is 1. The molecule has 0 radical (unpaired) electrons. The van der Waals surface area contributed by atoms with Crippen molar-refractivity contribution < 1.29 is 38.8 Å². The van der Waals surface area contributed by atoms with Gasteiger partial charge in [-0.2, -0.15) is 0 Å². The third-order valence-corrected chi connectivity index (χ3v) is 8.02. The maximum atomic E-state index is 13.6. The number of Topliss-reactive ketones (excluding diaryl/α,β-unsaturated/α-hetero) is 1. The van der Waals surface area contributed by atoms with E-state index < -0.39 is 23.7 Å². The second kappa shape index (κ2) is 14.7. The monoisotopic (exact) mass is 614 g/mol. The molecule has 5 rings (SSSR count). The highest BCUT2D eigenvalue weighted by molar-refractivity contribution is 5.98. The van der Waals surface area contributed by atoms with Crippen LogP contribution in [0.25, 0.3) is 6.08 Å². The fraction of sp³-hybridized carbons (Fsp3) is 0.371. The maximum absolute atomic E-state index is 13.6. The van der Waals surface area contributed by atoms with E-state index in [4.69, 9.17) is 14.2 Å². The van der Waals surface area contributed by atoms with Gasteiger partial charge in [-0.05, 0) is 74.1 Å². The van der Waals surface area contributed by atoms with Crippen molar-refractivity contribution in [3.63, 3.8) is 0 Å². The number of esters is 1. The summed E-state index contributed by atoms with van der Waals surface area (Å²) in [6.45, 7) is 2.14. The number of nitrogens with zero attached hydrogens (tertiary/aromatic N) is 1. The second-order valence-corrected chi connectivity index (χ2v) is 11.4. The fourth-order valence-electron chi connectivity index (χ4n) is 5.67. The SMILES string of the molecule is C[C@H]1CCCC(=O)CCC/C=C/c2cc(O)c(C(CC(=O)NCCc3ccccn3)c3ccc4c(c3)OCO4)c(O)c2C(=O)O1. The number of aromatic nitrogens is 1. The third kappa shape index (κ3) is 8.00. The number of phenolic OH excluding ortho intramolecular Hbond substituents is 2. The first-order valence-electron chi connectivity index (χ1n) is 15.3. The summed E-state index contributed by atoms with van der Waals surface area (Å²) in [5, 5.41) is 26.0. The fourth-order valence-corrected chi connectivity index (χ4v) is 5.67. The van der Waals surface area contributed by atoms with E-state index in [1.54, 1.807) is 43.5 Å². The molecule has 0 saturated carbocycles. The molecule has 1 aromatic heterocycles. The Morgan fingerprint density at radius 2 is 1.89 bits per heavy atom. The van der Waals surface area contributed by atoms with Crippen LogP contribution in [0.2, 0.25) is 0 Å². The molecule has 10 nitrogen and oxygen atoms in total. The molecule has 236 valence electrons. The highest BCUT2D eigenvalue weighted by atomic mass is 16.7. The summed E-state index contributed by atoms with van der Waals surface area (Å²) in [5.41, 5.74) is 1.61. The van der Waals surface area contributed by atoms with Crippen molar-refractivity contribution >= 4 is 23.7 Å². The predicted molar refractivity (Wildman–Crippen MR) is 166 cm³/mol. The first kappa shape index (κ1) is 31.6. The predicted octanol–water partition coefficient (Wildman–Crippen LogP) is 5.58. The number of hydrogen-bond donors (Lipinski definition) is 3. The van der Waals surface area contributed by atoms with Gasteiger partial charge >= 0.3 is 5.97 Å². The highest BCUT2D eigenvalue weighted by Gasteiger charge is 2.31. The molecule has 3 heterocycles. The number of carbonyl (C=O) groups is 3. The van der Waals surface area contributed by atoms with Crippen LogP contribution in [-0.2, 0) is 20.7 Å². The van der Waals surface area contributed by atoms with Gasteiger partial charge in [0, 0.05) is 55.6 Å². The smallest absolute Gasteiger partial charge is 0.342 e. The third-order valence-electron chi connectivity index (χ3n) is 8.02. The molecule has 0 spiro atoms. The van der Waals surface area contributed by atoms with Crippen molar-refractivity contribution in [1.82, 2.24) is 10.3 Å². The molecule has 0 aliphatic carbocycles. The summed E-state index contributed by atoms with van der Waals surface area (Å²) in [7, 11) is 0. The van der Waals surface area contributed by atoms with Gasteiger partial charge in [-0.3, -0.25) is 14.6 Å². The molecule has 2 aliphatic heterocycles. The number of carbonyl (C=O) groups excluding carboxylic acids is 3. The Kier molecular flexibility index (Phi) is 10.3. The number of phenols is 2. The Balaban J connectivity index is 1.50. The number of fused-ring (bicyclic) bond motifs is 2. The van der Waals surface area contributed by atoms with Crippen molar-refractivity contribution in [3.05, 3.63) is 82.7 Å². The lowest BCUT2D eigenvalue weighted by atomic mass is 9.84. The number of nitrogens with one attached hydrogen (secondary N) is 1. The molecule has 0 saturated heterocycles. The highest BCUT2D eigenvalue weighted by Crippen LogP contribution is 2.46. The number of ketones is 1. The van der Waals surface area contributed by atoms with Gasteiger partial charge in [-0.1, -0.05) is 24.3 Å². The second-order valence-electron chi connectivity index (χ2n) is 11.4. The van der Waals surface area contributed by atoms with Crippen LogP contribution < -0.4 is 14.8 Å². The van der Waals surface area contributed by atoms with E-state index in [0.29, 0.717) is 68.6 Å². The number of pyridine rings is 1. The van der Waals surface area contributed by atoms with Gasteiger partial charge in [0.2, 0.25) is 12.7 Å². The topological polar surface area (TPSA) is 144 Å². The minimum absolute atomic E-state index is 0.0252. The van der Waals surface area contributed by atoms with Crippen LogP contribution in [0.5, 0.6) is 23.0 Å². The number of rotatable bonds is 7. The van der Waals surface area contributed by atoms with E-state index in [9.17, 15) is 24.6 Å². The molecule has 3 N–H and O–H groups in total. The van der Waals surface area contributed by atoms with E-state index >= 15 is 0 Å². The molecule has 10 heteroatoms. The Labute approximate surface area is 262 Å². The van der Waals surface area contributed by atoms with Crippen molar-refractivity contribution in [2.75, 3.05) is 13.3 Å². The summed E-state index contributed by atoms with van der Waals surface area (Å²) in [6.07, 6.45) is 8.22. The Morgan fingerprint density at radius 3 is 2.71 bits per heavy atom. The van der Waals surface area contributed by atoms with Crippen molar-refractivity contribution in [2.24, 2.45) is 0 Å². The summed E-state index contributed by atoms with van der Waals surface area (Å²) in [6, 6.07) is 12.1. The molecule has 45 heavy (non-hydrogen) atoms. The van der Waals surface area contributed by atoms with E-state index in [-0.39, 0.29) is 47.3 Å². The standard InChI is InChI=1S/C35H38N2O8/c1-22-8-7-12-26(38)11-4-2-3-9-24-18-28(39)33(34(41)32(24)35(42)45-22)27(23-13-14-29-30(19-23)44-21-43-29)20-31(40)37-17-15-25-10-5-6-16-36-25/h3,5-6,9-10,13-14,16,18-19,22,27,39,41H,2,4,7-8,11-12,15,17,20-21H2,1H3,(H,37,40)/b9-3+/t22-,27?/m0/s1. The van der Waals surface area contributed by atoms with Crippen LogP contribution in [0.1, 0.15) is 90.5 Å². The molecule has 2 aromatic carbocycles. The van der Waals surface area contributed by atoms with Gasteiger partial charge in [0.1, 0.15) is 22.8 Å². The maximum Gasteiger partial charge on any atom is 0.342 e. The number of aromatic hydroxyl groups is 2. The van der Waals surface area contributed by atoms with E-state index in [1.165, 1.54) is 6.07 Å². The number of amides is 1. The quantitative estimate of drug-likeness (QED) is 0.290. The molecule has 2 atom stereocenters. The van der Waals surface area contributed by atoms with Gasteiger partial charge < -0.3 is 29.7 Å². The molecule has 1 unspecified atom stereocenters. The number of ether oxygens (including phenoxy) is 3.